The van der Waals surface area contributed by atoms with Gasteiger partial charge in [0.05, 0.1) is 5.02 Å². The highest BCUT2D eigenvalue weighted by Gasteiger charge is 2.09. The predicted octanol–water partition coefficient (Wildman–Crippen LogP) is 2.68. The molecular formula is C13H14ClN3O2. The van der Waals surface area contributed by atoms with E-state index >= 15 is 0 Å². The number of aromatic nitrogens is 2. The van der Waals surface area contributed by atoms with Crippen molar-refractivity contribution in [2.24, 2.45) is 0 Å². The quantitative estimate of drug-likeness (QED) is 0.874. The SMILES string of the molecule is CCCn1ccnc(Oc2ccc(N)cc2Cl)c1=O. The number of hydrogen-bond acceptors (Lipinski definition) is 4. The lowest BCUT2D eigenvalue weighted by atomic mass is 10.3. The summed E-state index contributed by atoms with van der Waals surface area (Å²) in [5.41, 5.74) is 5.84. The molecule has 5 nitrogen and oxygen atoms in total. The molecule has 6 heteroatoms. The highest BCUT2D eigenvalue weighted by molar-refractivity contribution is 6.32. The van der Waals surface area contributed by atoms with Gasteiger partial charge in [-0.1, -0.05) is 18.5 Å². The summed E-state index contributed by atoms with van der Waals surface area (Å²) >= 11 is 5.99. The molecule has 1 aromatic heterocycles. The lowest BCUT2D eigenvalue weighted by Crippen LogP contribution is -2.21. The minimum absolute atomic E-state index is 0.00243. The first-order valence-electron chi connectivity index (χ1n) is 5.90. The molecule has 0 fully saturated rings. The van der Waals surface area contributed by atoms with E-state index in [2.05, 4.69) is 4.98 Å². The fourth-order valence-electron chi connectivity index (χ4n) is 1.62. The van der Waals surface area contributed by atoms with Crippen LogP contribution < -0.4 is 16.0 Å². The van der Waals surface area contributed by atoms with Crippen molar-refractivity contribution in [3.8, 4) is 11.6 Å². The summed E-state index contributed by atoms with van der Waals surface area (Å²) in [5, 5.41) is 0.340. The number of aryl methyl sites for hydroxylation is 1. The summed E-state index contributed by atoms with van der Waals surface area (Å²) < 4.78 is 7.00. The predicted molar refractivity (Wildman–Crippen MR) is 74.7 cm³/mol. The number of rotatable bonds is 4. The molecule has 100 valence electrons. The Morgan fingerprint density at radius 2 is 2.26 bits per heavy atom. The smallest absolute Gasteiger partial charge is 0.313 e. The Hall–Kier alpha value is -2.01. The van der Waals surface area contributed by atoms with E-state index in [0.29, 0.717) is 23.0 Å². The van der Waals surface area contributed by atoms with Gasteiger partial charge in [-0.25, -0.2) is 4.98 Å². The van der Waals surface area contributed by atoms with Gasteiger partial charge in [0, 0.05) is 24.6 Å². The Labute approximate surface area is 115 Å². The first-order chi connectivity index (χ1) is 9.11. The second kappa shape index (κ2) is 5.75. The van der Waals surface area contributed by atoms with Crippen molar-refractivity contribution in [2.75, 3.05) is 5.73 Å². The van der Waals surface area contributed by atoms with E-state index in [1.807, 2.05) is 6.92 Å². The van der Waals surface area contributed by atoms with Crippen LogP contribution in [0.15, 0.2) is 35.4 Å². The van der Waals surface area contributed by atoms with E-state index in [0.717, 1.165) is 6.42 Å². The van der Waals surface area contributed by atoms with Crippen LogP contribution in [0.5, 0.6) is 11.6 Å². The zero-order valence-corrected chi connectivity index (χ0v) is 11.2. The Bertz CT molecular complexity index is 640. The standard InChI is InChI=1S/C13H14ClN3O2/c1-2-6-17-7-5-16-12(13(17)18)19-11-4-3-9(15)8-10(11)14/h3-5,7-8H,2,6,15H2,1H3. The third-order valence-electron chi connectivity index (χ3n) is 2.51. The fraction of sp³-hybridized carbons (Fsp3) is 0.231. The van der Waals surface area contributed by atoms with Crippen LogP contribution in [0.3, 0.4) is 0 Å². The highest BCUT2D eigenvalue weighted by atomic mass is 35.5. The number of halogens is 1. The van der Waals surface area contributed by atoms with Crippen LogP contribution in [0.1, 0.15) is 13.3 Å². The van der Waals surface area contributed by atoms with Gasteiger partial charge in [-0.15, -0.1) is 0 Å². The Kier molecular flexibility index (Phi) is 4.06. The molecule has 0 aliphatic carbocycles. The zero-order chi connectivity index (χ0) is 13.8. The highest BCUT2D eigenvalue weighted by Crippen LogP contribution is 2.28. The maximum Gasteiger partial charge on any atom is 0.313 e. The number of anilines is 1. The van der Waals surface area contributed by atoms with Crippen LogP contribution in [0.25, 0.3) is 0 Å². The lowest BCUT2D eigenvalue weighted by molar-refractivity contribution is 0.444. The van der Waals surface area contributed by atoms with Crippen LogP contribution in [0, 0.1) is 0 Å². The van der Waals surface area contributed by atoms with Crippen LogP contribution in [-0.4, -0.2) is 9.55 Å². The molecule has 2 aromatic rings. The van der Waals surface area contributed by atoms with Gasteiger partial charge in [0.15, 0.2) is 0 Å². The summed E-state index contributed by atoms with van der Waals surface area (Å²) in [6.45, 7) is 2.61. The average Bonchev–Trinajstić information content (AvgIpc) is 2.37. The monoisotopic (exact) mass is 279 g/mol. The first kappa shape index (κ1) is 13.4. The van der Waals surface area contributed by atoms with Gasteiger partial charge in [0.1, 0.15) is 5.75 Å². The summed E-state index contributed by atoms with van der Waals surface area (Å²) in [7, 11) is 0. The normalized spacial score (nSPS) is 10.4. The van der Waals surface area contributed by atoms with Crippen molar-refractivity contribution < 1.29 is 4.74 Å². The number of nitrogen functional groups attached to an aromatic ring is 1. The maximum absolute atomic E-state index is 12.0. The molecule has 0 unspecified atom stereocenters. The summed E-state index contributed by atoms with van der Waals surface area (Å²) in [5.74, 6) is 0.359. The van der Waals surface area contributed by atoms with Gasteiger partial charge in [-0.3, -0.25) is 4.79 Å². The minimum Gasteiger partial charge on any atom is -0.433 e. The molecule has 0 atom stereocenters. The Morgan fingerprint density at radius 1 is 1.47 bits per heavy atom. The summed E-state index contributed by atoms with van der Waals surface area (Å²) in [4.78, 5) is 16.0. The molecule has 1 heterocycles. The molecule has 0 spiro atoms. The van der Waals surface area contributed by atoms with Crippen LogP contribution in [-0.2, 0) is 6.54 Å². The van der Waals surface area contributed by atoms with E-state index in [-0.39, 0.29) is 11.4 Å². The number of benzene rings is 1. The lowest BCUT2D eigenvalue weighted by Gasteiger charge is -2.08. The third-order valence-corrected chi connectivity index (χ3v) is 2.80. The summed E-state index contributed by atoms with van der Waals surface area (Å²) in [6, 6.07) is 4.81. The molecule has 0 saturated heterocycles. The van der Waals surface area contributed by atoms with Gasteiger partial charge in [-0.2, -0.15) is 0 Å². The second-order valence-corrected chi connectivity index (χ2v) is 4.43. The van der Waals surface area contributed by atoms with Crippen molar-refractivity contribution in [3.63, 3.8) is 0 Å². The van der Waals surface area contributed by atoms with E-state index in [1.165, 1.54) is 6.20 Å². The molecule has 1 aromatic carbocycles. The van der Waals surface area contributed by atoms with E-state index in [4.69, 9.17) is 22.1 Å². The summed E-state index contributed by atoms with van der Waals surface area (Å²) in [6.07, 6.45) is 4.01. The van der Waals surface area contributed by atoms with E-state index < -0.39 is 0 Å². The van der Waals surface area contributed by atoms with Crippen molar-refractivity contribution in [1.82, 2.24) is 9.55 Å². The van der Waals surface area contributed by atoms with E-state index in [1.54, 1.807) is 29.0 Å². The number of hydrogen-bond donors (Lipinski definition) is 1. The molecule has 19 heavy (non-hydrogen) atoms. The van der Waals surface area contributed by atoms with Crippen molar-refractivity contribution in [1.29, 1.82) is 0 Å². The topological polar surface area (TPSA) is 70.1 Å². The van der Waals surface area contributed by atoms with Crippen molar-refractivity contribution in [3.05, 3.63) is 46.0 Å². The van der Waals surface area contributed by atoms with Crippen LogP contribution in [0.4, 0.5) is 5.69 Å². The fourth-order valence-corrected chi connectivity index (χ4v) is 1.85. The van der Waals surface area contributed by atoms with Gasteiger partial charge >= 0.3 is 5.56 Å². The maximum atomic E-state index is 12.0. The van der Waals surface area contributed by atoms with Crippen LogP contribution >= 0.6 is 11.6 Å². The molecule has 2 N–H and O–H groups in total. The Morgan fingerprint density at radius 3 is 2.95 bits per heavy atom. The largest absolute Gasteiger partial charge is 0.433 e. The molecule has 0 saturated carbocycles. The number of ether oxygens (including phenoxy) is 1. The van der Waals surface area contributed by atoms with E-state index in [9.17, 15) is 4.79 Å². The van der Waals surface area contributed by atoms with Gasteiger partial charge in [0.2, 0.25) is 0 Å². The van der Waals surface area contributed by atoms with Gasteiger partial charge in [-0.05, 0) is 24.6 Å². The number of nitrogens with two attached hydrogens (primary N) is 1. The second-order valence-electron chi connectivity index (χ2n) is 4.02. The molecule has 2 rings (SSSR count). The van der Waals surface area contributed by atoms with Crippen molar-refractivity contribution >= 4 is 17.3 Å². The minimum atomic E-state index is -0.280. The van der Waals surface area contributed by atoms with Crippen molar-refractivity contribution in [2.45, 2.75) is 19.9 Å². The molecular weight excluding hydrogens is 266 g/mol. The number of nitrogens with zero attached hydrogens (tertiary/aromatic N) is 2. The van der Waals surface area contributed by atoms with Gasteiger partial charge in [0.25, 0.3) is 5.88 Å². The molecule has 0 amide bonds. The molecule has 0 radical (unpaired) electrons. The first-order valence-corrected chi connectivity index (χ1v) is 6.28. The third kappa shape index (κ3) is 3.06. The Balaban J connectivity index is 2.33. The van der Waals surface area contributed by atoms with Crippen LogP contribution in [0.2, 0.25) is 5.02 Å². The molecule has 0 bridgehead atoms. The average molecular weight is 280 g/mol. The zero-order valence-electron chi connectivity index (χ0n) is 10.5. The molecule has 0 aliphatic heterocycles. The molecule has 0 aliphatic rings. The van der Waals surface area contributed by atoms with Gasteiger partial charge < -0.3 is 15.0 Å².